The first kappa shape index (κ1) is 29.8. The number of nitrogens with one attached hydrogen (secondary N) is 1. The van der Waals surface area contributed by atoms with Gasteiger partial charge in [-0.15, -0.1) is 10.1 Å². The van der Waals surface area contributed by atoms with Gasteiger partial charge in [0.1, 0.15) is 0 Å². The lowest BCUT2D eigenvalue weighted by molar-refractivity contribution is -0.757. The van der Waals surface area contributed by atoms with Gasteiger partial charge in [0, 0.05) is 18.9 Å². The molecule has 11 nitrogen and oxygen atoms in total. The van der Waals surface area contributed by atoms with Gasteiger partial charge < -0.3 is 4.84 Å². The highest BCUT2D eigenvalue weighted by Gasteiger charge is 2.35. The van der Waals surface area contributed by atoms with Crippen LogP contribution in [0.1, 0.15) is 31.0 Å². The summed E-state index contributed by atoms with van der Waals surface area (Å²) in [7, 11) is -4.28. The Bertz CT molecular complexity index is 1410. The van der Waals surface area contributed by atoms with Crippen LogP contribution >= 0.6 is 0 Å². The maximum atomic E-state index is 13.3. The van der Waals surface area contributed by atoms with Crippen molar-refractivity contribution in [1.29, 1.82) is 5.26 Å². The number of aryl methyl sites for hydroxylation is 1. The smallest absolute Gasteiger partial charge is 0.314 e. The number of benzene rings is 2. The van der Waals surface area contributed by atoms with Gasteiger partial charge in [0.05, 0.1) is 29.0 Å². The molecule has 1 amide bonds. The summed E-state index contributed by atoms with van der Waals surface area (Å²) in [5.41, 5.74) is 0.593. The topological polar surface area (TPSA) is 157 Å². The van der Waals surface area contributed by atoms with E-state index in [1.807, 2.05) is 11.6 Å². The molecular weight excluding hydrogens is 531 g/mol. The summed E-state index contributed by atoms with van der Waals surface area (Å²) in [4.78, 5) is 25.7. The van der Waals surface area contributed by atoms with Crippen LogP contribution in [0, 0.1) is 28.4 Å². The molecule has 0 aliphatic rings. The van der Waals surface area contributed by atoms with Gasteiger partial charge in [0.15, 0.2) is 5.69 Å². The van der Waals surface area contributed by atoms with Crippen LogP contribution < -0.4 is 4.72 Å². The molecule has 0 atom stereocenters. The standard InChI is InChI=1S/C21H19F3N4O6S.C2H3N/c1-14-4-6-15(7-5-14)18-13-19(21(22,23)24)25-27(18)16-8-10-17(11-9-16)35(32,33)26-20(29)3-2-12-34-28(30)31;1-2-3/h4-11,13H,2-3,12H2,1H3,(H,26,29);1H3. The fourth-order valence-electron chi connectivity index (χ4n) is 3.04. The number of halogens is 3. The van der Waals surface area contributed by atoms with E-state index >= 15 is 0 Å². The number of hydrogen-bond donors (Lipinski definition) is 1. The second kappa shape index (κ2) is 12.7. The van der Waals surface area contributed by atoms with Gasteiger partial charge in [0.2, 0.25) is 5.91 Å². The highest BCUT2D eigenvalue weighted by atomic mass is 32.2. The van der Waals surface area contributed by atoms with Gasteiger partial charge in [-0.25, -0.2) is 17.8 Å². The lowest BCUT2D eigenvalue weighted by Gasteiger charge is -2.10. The Morgan fingerprint density at radius 2 is 1.76 bits per heavy atom. The van der Waals surface area contributed by atoms with Crippen molar-refractivity contribution in [3.8, 4) is 23.0 Å². The molecule has 0 spiro atoms. The van der Waals surface area contributed by atoms with Crippen molar-refractivity contribution >= 4 is 15.9 Å². The van der Waals surface area contributed by atoms with Crippen molar-refractivity contribution in [3.05, 3.63) is 76.0 Å². The van der Waals surface area contributed by atoms with E-state index in [1.54, 1.807) is 30.3 Å². The predicted octanol–water partition coefficient (Wildman–Crippen LogP) is 4.19. The minimum atomic E-state index is -4.69. The van der Waals surface area contributed by atoms with Gasteiger partial charge in [-0.05, 0) is 43.7 Å². The molecule has 0 saturated heterocycles. The molecule has 1 heterocycles. The molecule has 1 N–H and O–H groups in total. The number of rotatable bonds is 9. The molecule has 0 bridgehead atoms. The maximum Gasteiger partial charge on any atom is 0.435 e. The number of hydrogen-bond acceptors (Lipinski definition) is 8. The second-order valence-corrected chi connectivity index (χ2v) is 9.28. The van der Waals surface area contributed by atoms with E-state index in [9.17, 15) is 36.5 Å². The molecule has 2 aromatic carbocycles. The Morgan fingerprint density at radius 3 is 2.29 bits per heavy atom. The first-order valence-corrected chi connectivity index (χ1v) is 12.3. The van der Waals surface area contributed by atoms with Crippen molar-refractivity contribution in [3.63, 3.8) is 0 Å². The van der Waals surface area contributed by atoms with E-state index in [0.717, 1.165) is 28.4 Å². The van der Waals surface area contributed by atoms with Gasteiger partial charge in [-0.1, -0.05) is 29.8 Å². The summed E-state index contributed by atoms with van der Waals surface area (Å²) in [6, 6.07) is 14.2. The van der Waals surface area contributed by atoms with E-state index in [2.05, 4.69) is 9.94 Å². The summed E-state index contributed by atoms with van der Waals surface area (Å²) >= 11 is 0. The summed E-state index contributed by atoms with van der Waals surface area (Å²) in [6.45, 7) is 2.89. The number of sulfonamides is 1. The van der Waals surface area contributed by atoms with Crippen LogP contribution in [0.2, 0.25) is 0 Å². The Labute approximate surface area is 215 Å². The lowest BCUT2D eigenvalue weighted by atomic mass is 10.1. The SMILES string of the molecule is CC#N.Cc1ccc(-c2cc(C(F)(F)F)nn2-c2ccc(S(=O)(=O)NC(=O)CCCO[N+](=O)[O-])cc2)cc1. The van der Waals surface area contributed by atoms with Gasteiger partial charge in [-0.2, -0.15) is 23.5 Å². The van der Waals surface area contributed by atoms with E-state index in [0.29, 0.717) is 5.56 Å². The number of nitriles is 1. The number of carbonyl (C=O) groups excluding carboxylic acids is 1. The molecular formula is C23H22F3N5O6S. The molecule has 0 saturated carbocycles. The summed E-state index contributed by atoms with van der Waals surface area (Å²) in [5, 5.41) is 20.0. The van der Waals surface area contributed by atoms with Crippen molar-refractivity contribution in [2.75, 3.05) is 6.61 Å². The third-order valence-corrected chi connectivity index (χ3v) is 6.12. The van der Waals surface area contributed by atoms with E-state index < -0.39 is 32.9 Å². The van der Waals surface area contributed by atoms with Crippen LogP contribution in [-0.4, -0.2) is 35.8 Å². The average molecular weight is 554 g/mol. The summed E-state index contributed by atoms with van der Waals surface area (Å²) < 4.78 is 67.8. The number of amides is 1. The average Bonchev–Trinajstić information content (AvgIpc) is 3.29. The normalized spacial score (nSPS) is 11.1. The molecule has 15 heteroatoms. The highest BCUT2D eigenvalue weighted by molar-refractivity contribution is 7.90. The maximum absolute atomic E-state index is 13.3. The summed E-state index contributed by atoms with van der Waals surface area (Å²) in [5.74, 6) is -0.899. The van der Waals surface area contributed by atoms with Crippen LogP contribution in [0.15, 0.2) is 59.5 Å². The molecule has 38 heavy (non-hydrogen) atoms. The minimum Gasteiger partial charge on any atom is -0.314 e. The number of alkyl halides is 3. The molecule has 0 aliphatic heterocycles. The molecule has 3 rings (SSSR count). The van der Waals surface area contributed by atoms with Crippen molar-refractivity contribution in [2.24, 2.45) is 0 Å². The number of aromatic nitrogens is 2. The van der Waals surface area contributed by atoms with Crippen molar-refractivity contribution in [2.45, 2.75) is 37.8 Å². The molecule has 0 aliphatic carbocycles. The molecule has 0 radical (unpaired) electrons. The molecule has 0 unspecified atom stereocenters. The Morgan fingerprint density at radius 1 is 1.18 bits per heavy atom. The Balaban J connectivity index is 0.00000161. The minimum absolute atomic E-state index is 0.0795. The van der Waals surface area contributed by atoms with Crippen molar-refractivity contribution < 1.29 is 36.3 Å². The molecule has 1 aromatic heterocycles. The van der Waals surface area contributed by atoms with Crippen LogP contribution in [0.4, 0.5) is 13.2 Å². The quantitative estimate of drug-likeness (QED) is 0.235. The number of carbonyl (C=O) groups is 1. The zero-order chi connectivity index (χ0) is 28.5. The second-order valence-electron chi connectivity index (χ2n) is 7.60. The van der Waals surface area contributed by atoms with E-state index in [1.165, 1.54) is 19.1 Å². The largest absolute Gasteiger partial charge is 0.435 e. The third-order valence-electron chi connectivity index (χ3n) is 4.73. The first-order chi connectivity index (χ1) is 17.8. The zero-order valence-corrected chi connectivity index (χ0v) is 20.9. The van der Waals surface area contributed by atoms with E-state index in [-0.39, 0.29) is 35.7 Å². The van der Waals surface area contributed by atoms with Crippen LogP contribution in [0.5, 0.6) is 0 Å². The number of nitrogens with zero attached hydrogens (tertiary/aromatic N) is 4. The molecule has 202 valence electrons. The van der Waals surface area contributed by atoms with Gasteiger partial charge in [0.25, 0.3) is 15.1 Å². The van der Waals surface area contributed by atoms with Gasteiger partial charge in [-0.3, -0.25) is 4.79 Å². The monoisotopic (exact) mass is 553 g/mol. The fourth-order valence-corrected chi connectivity index (χ4v) is 4.06. The van der Waals surface area contributed by atoms with Gasteiger partial charge >= 0.3 is 6.18 Å². The summed E-state index contributed by atoms with van der Waals surface area (Å²) in [6.07, 6.45) is -5.11. The Kier molecular flexibility index (Phi) is 9.94. The fraction of sp³-hybridized carbons (Fsp3) is 0.261. The van der Waals surface area contributed by atoms with E-state index in [4.69, 9.17) is 5.26 Å². The van der Waals surface area contributed by atoms with Crippen LogP contribution in [0.3, 0.4) is 0 Å². The van der Waals surface area contributed by atoms with Crippen molar-refractivity contribution in [1.82, 2.24) is 14.5 Å². The van der Waals surface area contributed by atoms with Crippen LogP contribution in [0.25, 0.3) is 16.9 Å². The first-order valence-electron chi connectivity index (χ1n) is 10.8. The van der Waals surface area contributed by atoms with Crippen LogP contribution in [-0.2, 0) is 25.8 Å². The zero-order valence-electron chi connectivity index (χ0n) is 20.1. The predicted molar refractivity (Wildman–Crippen MR) is 128 cm³/mol. The Hall–Kier alpha value is -4.45. The highest BCUT2D eigenvalue weighted by Crippen LogP contribution is 2.33. The molecule has 0 fully saturated rings. The third kappa shape index (κ3) is 8.30. The molecule has 3 aromatic rings. The lowest BCUT2D eigenvalue weighted by Crippen LogP contribution is -2.30.